The van der Waals surface area contributed by atoms with E-state index in [2.05, 4.69) is 5.32 Å². The highest BCUT2D eigenvalue weighted by atomic mass is 35.5. The lowest BCUT2D eigenvalue weighted by atomic mass is 10.4. The summed E-state index contributed by atoms with van der Waals surface area (Å²) in [5.41, 5.74) is 0. The fourth-order valence-electron chi connectivity index (χ4n) is 0.971. The number of halogens is 1. The Balaban J connectivity index is 1.79. The molecule has 0 unspecified atom stereocenters. The SMILES string of the molecule is O=C(CCCl)NCCOCC1CC1. The average molecular weight is 206 g/mol. The lowest BCUT2D eigenvalue weighted by molar-refractivity contribution is -0.120. The Labute approximate surface area is 83.8 Å². The predicted octanol–water partition coefficient (Wildman–Crippen LogP) is 1.16. The van der Waals surface area contributed by atoms with E-state index < -0.39 is 0 Å². The Morgan fingerprint density at radius 2 is 2.31 bits per heavy atom. The first-order valence-electron chi connectivity index (χ1n) is 4.73. The smallest absolute Gasteiger partial charge is 0.221 e. The maximum absolute atomic E-state index is 10.9. The van der Waals surface area contributed by atoms with Gasteiger partial charge < -0.3 is 10.1 Å². The third-order valence-electron chi connectivity index (χ3n) is 1.94. The Morgan fingerprint density at radius 1 is 1.54 bits per heavy atom. The first kappa shape index (κ1) is 10.8. The molecule has 0 atom stereocenters. The highest BCUT2D eigenvalue weighted by Gasteiger charge is 2.20. The molecule has 76 valence electrons. The van der Waals surface area contributed by atoms with Crippen LogP contribution in [0.25, 0.3) is 0 Å². The van der Waals surface area contributed by atoms with Crippen molar-refractivity contribution in [2.75, 3.05) is 25.6 Å². The maximum atomic E-state index is 10.9. The van der Waals surface area contributed by atoms with Gasteiger partial charge in [-0.1, -0.05) is 0 Å². The fourth-order valence-corrected chi connectivity index (χ4v) is 1.14. The average Bonchev–Trinajstić information content (AvgIpc) is 2.88. The molecule has 3 nitrogen and oxygen atoms in total. The number of rotatable bonds is 7. The Morgan fingerprint density at radius 3 is 2.92 bits per heavy atom. The van der Waals surface area contributed by atoms with Crippen molar-refractivity contribution in [3.05, 3.63) is 0 Å². The molecule has 13 heavy (non-hydrogen) atoms. The zero-order valence-corrected chi connectivity index (χ0v) is 8.48. The van der Waals surface area contributed by atoms with E-state index in [1.807, 2.05) is 0 Å². The molecule has 0 spiro atoms. The molecule has 0 aromatic carbocycles. The van der Waals surface area contributed by atoms with E-state index in [1.165, 1.54) is 12.8 Å². The van der Waals surface area contributed by atoms with Crippen LogP contribution in [0, 0.1) is 5.92 Å². The van der Waals surface area contributed by atoms with Crippen molar-refractivity contribution >= 4 is 17.5 Å². The van der Waals surface area contributed by atoms with Crippen LogP contribution in [0.15, 0.2) is 0 Å². The number of alkyl halides is 1. The summed E-state index contributed by atoms with van der Waals surface area (Å²) in [7, 11) is 0. The van der Waals surface area contributed by atoms with Gasteiger partial charge in [-0.05, 0) is 18.8 Å². The summed E-state index contributed by atoms with van der Waals surface area (Å²) in [6, 6.07) is 0. The van der Waals surface area contributed by atoms with Crippen LogP contribution in [0.4, 0.5) is 0 Å². The van der Waals surface area contributed by atoms with Gasteiger partial charge in [-0.15, -0.1) is 11.6 Å². The van der Waals surface area contributed by atoms with Gasteiger partial charge in [0, 0.05) is 25.5 Å². The monoisotopic (exact) mass is 205 g/mol. The van der Waals surface area contributed by atoms with Gasteiger partial charge in [0.2, 0.25) is 5.91 Å². The van der Waals surface area contributed by atoms with Crippen LogP contribution in [0.5, 0.6) is 0 Å². The van der Waals surface area contributed by atoms with E-state index in [0.29, 0.717) is 25.5 Å². The number of ether oxygens (including phenoxy) is 1. The molecule has 0 bridgehead atoms. The second-order valence-corrected chi connectivity index (χ2v) is 3.69. The molecule has 0 aromatic rings. The summed E-state index contributed by atoms with van der Waals surface area (Å²) in [6.45, 7) is 2.07. The number of carbonyl (C=O) groups is 1. The molecule has 1 fully saturated rings. The molecular weight excluding hydrogens is 190 g/mol. The van der Waals surface area contributed by atoms with Crippen molar-refractivity contribution < 1.29 is 9.53 Å². The molecule has 1 N–H and O–H groups in total. The molecule has 0 heterocycles. The van der Waals surface area contributed by atoms with E-state index in [9.17, 15) is 4.79 Å². The normalized spacial score (nSPS) is 15.8. The van der Waals surface area contributed by atoms with E-state index in [1.54, 1.807) is 0 Å². The number of carbonyl (C=O) groups excluding carboxylic acids is 1. The second-order valence-electron chi connectivity index (χ2n) is 3.31. The third-order valence-corrected chi connectivity index (χ3v) is 2.13. The van der Waals surface area contributed by atoms with Crippen molar-refractivity contribution in [1.82, 2.24) is 5.32 Å². The second kappa shape index (κ2) is 6.22. The summed E-state index contributed by atoms with van der Waals surface area (Å²) in [6.07, 6.45) is 3.00. The van der Waals surface area contributed by atoms with Crippen LogP contribution in [0.3, 0.4) is 0 Å². The van der Waals surface area contributed by atoms with Crippen LogP contribution in [0.1, 0.15) is 19.3 Å². The number of hydrogen-bond acceptors (Lipinski definition) is 2. The molecule has 0 saturated heterocycles. The van der Waals surface area contributed by atoms with Crippen LogP contribution in [0.2, 0.25) is 0 Å². The van der Waals surface area contributed by atoms with Gasteiger partial charge in [-0.25, -0.2) is 0 Å². The standard InChI is InChI=1S/C9H16ClNO2/c10-4-3-9(12)11-5-6-13-7-8-1-2-8/h8H,1-7H2,(H,11,12). The number of nitrogens with one attached hydrogen (secondary N) is 1. The molecule has 0 aromatic heterocycles. The van der Waals surface area contributed by atoms with E-state index >= 15 is 0 Å². The molecule has 0 radical (unpaired) electrons. The Hall–Kier alpha value is -0.280. The lowest BCUT2D eigenvalue weighted by Crippen LogP contribution is -2.27. The summed E-state index contributed by atoms with van der Waals surface area (Å²) in [5, 5.41) is 2.73. The van der Waals surface area contributed by atoms with Gasteiger partial charge >= 0.3 is 0 Å². The molecule has 4 heteroatoms. The van der Waals surface area contributed by atoms with Crippen molar-refractivity contribution in [1.29, 1.82) is 0 Å². The van der Waals surface area contributed by atoms with Crippen LogP contribution in [-0.4, -0.2) is 31.5 Å². The van der Waals surface area contributed by atoms with Crippen molar-refractivity contribution in [3.63, 3.8) is 0 Å². The van der Waals surface area contributed by atoms with Gasteiger partial charge in [0.1, 0.15) is 0 Å². The van der Waals surface area contributed by atoms with Gasteiger partial charge in [-0.2, -0.15) is 0 Å². The summed E-state index contributed by atoms with van der Waals surface area (Å²) >= 11 is 5.39. The lowest BCUT2D eigenvalue weighted by Gasteiger charge is -2.04. The van der Waals surface area contributed by atoms with Gasteiger partial charge in [0.05, 0.1) is 6.61 Å². The van der Waals surface area contributed by atoms with E-state index in [0.717, 1.165) is 12.5 Å². The molecule has 1 saturated carbocycles. The van der Waals surface area contributed by atoms with Crippen molar-refractivity contribution in [2.45, 2.75) is 19.3 Å². The summed E-state index contributed by atoms with van der Waals surface area (Å²) < 4.78 is 5.34. The zero-order valence-electron chi connectivity index (χ0n) is 7.72. The van der Waals surface area contributed by atoms with E-state index in [-0.39, 0.29) is 5.91 Å². The Bertz CT molecular complexity index is 160. The van der Waals surface area contributed by atoms with Gasteiger partial charge in [0.15, 0.2) is 0 Å². The van der Waals surface area contributed by atoms with Crippen LogP contribution >= 0.6 is 11.6 Å². The third kappa shape index (κ3) is 5.88. The fraction of sp³-hybridized carbons (Fsp3) is 0.889. The molecule has 1 aliphatic rings. The largest absolute Gasteiger partial charge is 0.379 e. The molecular formula is C9H16ClNO2. The summed E-state index contributed by atoms with van der Waals surface area (Å²) in [4.78, 5) is 10.9. The molecule has 1 aliphatic carbocycles. The molecule has 1 rings (SSSR count). The minimum atomic E-state index is 0.00465. The van der Waals surface area contributed by atoms with Crippen LogP contribution in [-0.2, 0) is 9.53 Å². The highest BCUT2D eigenvalue weighted by molar-refractivity contribution is 6.18. The summed E-state index contributed by atoms with van der Waals surface area (Å²) in [5.74, 6) is 1.18. The van der Waals surface area contributed by atoms with Gasteiger partial charge in [-0.3, -0.25) is 4.79 Å². The topological polar surface area (TPSA) is 38.3 Å². The first-order valence-corrected chi connectivity index (χ1v) is 5.27. The number of amides is 1. The van der Waals surface area contributed by atoms with Crippen molar-refractivity contribution in [2.24, 2.45) is 5.92 Å². The minimum absolute atomic E-state index is 0.00465. The Kier molecular flexibility index (Phi) is 5.16. The van der Waals surface area contributed by atoms with Crippen LogP contribution < -0.4 is 5.32 Å². The highest BCUT2D eigenvalue weighted by Crippen LogP contribution is 2.28. The predicted molar refractivity (Wildman–Crippen MR) is 51.9 cm³/mol. The molecule has 1 amide bonds. The van der Waals surface area contributed by atoms with E-state index in [4.69, 9.17) is 16.3 Å². The molecule has 0 aliphatic heterocycles. The minimum Gasteiger partial charge on any atom is -0.379 e. The number of hydrogen-bond donors (Lipinski definition) is 1. The quantitative estimate of drug-likeness (QED) is 0.501. The first-order chi connectivity index (χ1) is 6.33. The maximum Gasteiger partial charge on any atom is 0.221 e. The van der Waals surface area contributed by atoms with Crippen molar-refractivity contribution in [3.8, 4) is 0 Å². The van der Waals surface area contributed by atoms with Gasteiger partial charge in [0.25, 0.3) is 0 Å². The zero-order chi connectivity index (χ0) is 9.52.